The van der Waals surface area contributed by atoms with Gasteiger partial charge < -0.3 is 24.6 Å². The Hall–Kier alpha value is -6.04. The SMILES string of the molecule is N#Cc1ccc(-n2cc(-c3ccc(C(=O)NC4(C(=O)O)C5CCC6CC(C5)CC4C6)c(C(F)(F)F)n3)c3ccc(OC4CCN(c5ncccn5)CC4)cc32)nc1. The second-order valence-electron chi connectivity index (χ2n) is 15.8. The number of amides is 1. The number of aromatic nitrogens is 5. The number of benzene rings is 1. The van der Waals surface area contributed by atoms with Gasteiger partial charge in [0.1, 0.15) is 29.3 Å². The predicted octanol–water partition coefficient (Wildman–Crippen LogP) is 7.22. The molecule has 0 spiro atoms. The molecule has 4 saturated carbocycles. The topological polar surface area (TPSA) is 159 Å². The number of nitrogens with one attached hydrogen (secondary N) is 1. The van der Waals surface area contributed by atoms with Gasteiger partial charge in [-0.2, -0.15) is 18.4 Å². The minimum absolute atomic E-state index is 0.0418. The quantitative estimate of drug-likeness (QED) is 0.165. The molecule has 4 bridgehead atoms. The molecule has 15 heteroatoms. The third-order valence-electron chi connectivity index (χ3n) is 12.6. The average molecular weight is 777 g/mol. The predicted molar refractivity (Wildman–Crippen MR) is 201 cm³/mol. The van der Waals surface area contributed by atoms with Crippen LogP contribution in [0.15, 0.2) is 73.3 Å². The van der Waals surface area contributed by atoms with Crippen molar-refractivity contribution in [2.24, 2.45) is 23.7 Å². The first-order valence-corrected chi connectivity index (χ1v) is 19.3. The van der Waals surface area contributed by atoms with E-state index in [1.165, 1.54) is 12.3 Å². The minimum atomic E-state index is -5.03. The fraction of sp³-hybridized carbons (Fsp3) is 0.405. The number of hydrogen-bond acceptors (Lipinski definition) is 9. The van der Waals surface area contributed by atoms with Crippen molar-refractivity contribution in [2.45, 2.75) is 69.2 Å². The number of carbonyl (C=O) groups excluding carboxylic acids is 1. The normalized spacial score (nSPS) is 24.6. The largest absolute Gasteiger partial charge is 0.490 e. The van der Waals surface area contributed by atoms with Gasteiger partial charge in [-0.1, -0.05) is 6.42 Å². The standard InChI is InChI=1S/C42H39F3N8O4/c43-42(44,45)37-32(38(54)51-41(39(55)56)27-4-2-24-16-26(18-27)19-28(41)17-24)7-8-34(50-37)33-23-53(36-9-3-25(21-46)22-49-36)35-20-30(5-6-31(33)35)57-29-10-14-52(15-11-29)40-47-12-1-13-48-40/h1,3,5-9,12-13,20,22-24,26-29H,2,4,10-11,14-19H2,(H,51,54)(H,55,56). The van der Waals surface area contributed by atoms with E-state index >= 15 is 0 Å². The fourth-order valence-corrected chi connectivity index (χ4v) is 10.0. The van der Waals surface area contributed by atoms with Crippen molar-refractivity contribution in [3.8, 4) is 28.9 Å². The van der Waals surface area contributed by atoms with Crippen LogP contribution in [0.5, 0.6) is 5.75 Å². The first kappa shape index (κ1) is 36.6. The zero-order chi connectivity index (χ0) is 39.5. The van der Waals surface area contributed by atoms with Crippen LogP contribution in [0.2, 0.25) is 0 Å². The smallest absolute Gasteiger partial charge is 0.434 e. The third-order valence-corrected chi connectivity index (χ3v) is 12.6. The van der Waals surface area contributed by atoms with E-state index in [1.807, 2.05) is 6.07 Å². The first-order chi connectivity index (χ1) is 27.5. The number of hydrogen-bond donors (Lipinski definition) is 2. The second-order valence-corrected chi connectivity index (χ2v) is 15.8. The Bertz CT molecular complexity index is 2380. The van der Waals surface area contributed by atoms with E-state index in [0.717, 1.165) is 31.7 Å². The summed E-state index contributed by atoms with van der Waals surface area (Å²) in [6.07, 6.45) is 7.18. The minimum Gasteiger partial charge on any atom is -0.490 e. The molecular weight excluding hydrogens is 738 g/mol. The molecule has 10 rings (SSSR count). The summed E-state index contributed by atoms with van der Waals surface area (Å²) >= 11 is 0. The lowest BCUT2D eigenvalue weighted by Crippen LogP contribution is -2.66. The van der Waals surface area contributed by atoms with Crippen molar-refractivity contribution in [1.29, 1.82) is 5.26 Å². The molecule has 1 aliphatic heterocycles. The number of ether oxygens (including phenoxy) is 1. The molecule has 5 aromatic rings. The maximum atomic E-state index is 14.9. The van der Waals surface area contributed by atoms with E-state index in [-0.39, 0.29) is 23.6 Å². The Labute approximate surface area is 325 Å². The molecule has 1 aromatic carbocycles. The number of piperidine rings is 1. The molecule has 12 nitrogen and oxygen atoms in total. The third kappa shape index (κ3) is 6.60. The molecule has 5 fully saturated rings. The van der Waals surface area contributed by atoms with Crippen LogP contribution in [0.1, 0.15) is 73.0 Å². The lowest BCUT2D eigenvalue weighted by molar-refractivity contribution is -0.154. The maximum absolute atomic E-state index is 14.9. The number of aliphatic carboxylic acids is 1. The summed E-state index contributed by atoms with van der Waals surface area (Å²) in [5.74, 6) is -0.624. The van der Waals surface area contributed by atoms with Crippen molar-refractivity contribution in [3.05, 3.63) is 90.1 Å². The summed E-state index contributed by atoms with van der Waals surface area (Å²) in [4.78, 5) is 46.3. The van der Waals surface area contributed by atoms with Crippen LogP contribution >= 0.6 is 0 Å². The highest BCUT2D eigenvalue weighted by Crippen LogP contribution is 2.56. The number of fused-ring (bicyclic) bond motifs is 2. The summed E-state index contributed by atoms with van der Waals surface area (Å²) in [7, 11) is 0. The van der Waals surface area contributed by atoms with Gasteiger partial charge in [0.15, 0.2) is 5.69 Å². The Morgan fingerprint density at radius 2 is 1.70 bits per heavy atom. The fourth-order valence-electron chi connectivity index (χ4n) is 10.0. The van der Waals surface area contributed by atoms with Gasteiger partial charge in [-0.05, 0) is 98.2 Å². The summed E-state index contributed by atoms with van der Waals surface area (Å²) < 4.78 is 52.9. The van der Waals surface area contributed by atoms with Crippen LogP contribution in [0.25, 0.3) is 28.0 Å². The number of anilines is 1. The van der Waals surface area contributed by atoms with Crippen LogP contribution in [0.4, 0.5) is 19.1 Å². The van der Waals surface area contributed by atoms with Crippen LogP contribution in [0, 0.1) is 35.0 Å². The zero-order valence-corrected chi connectivity index (χ0v) is 30.8. The van der Waals surface area contributed by atoms with E-state index in [4.69, 9.17) is 4.74 Å². The number of pyridine rings is 2. The van der Waals surface area contributed by atoms with Crippen LogP contribution < -0.4 is 15.0 Å². The van der Waals surface area contributed by atoms with E-state index < -0.39 is 34.8 Å². The van der Waals surface area contributed by atoms with E-state index in [2.05, 4.69) is 30.2 Å². The lowest BCUT2D eigenvalue weighted by atomic mass is 9.58. The number of nitrogens with zero attached hydrogens (tertiary/aromatic N) is 7. The molecule has 57 heavy (non-hydrogen) atoms. The number of carboxylic acid groups (broad SMARTS) is 1. The molecule has 4 aromatic heterocycles. The molecule has 5 atom stereocenters. The van der Waals surface area contributed by atoms with Crippen LogP contribution in [0.3, 0.4) is 0 Å². The summed E-state index contributed by atoms with van der Waals surface area (Å²) in [6.45, 7) is 1.40. The van der Waals surface area contributed by atoms with Crippen molar-refractivity contribution in [3.63, 3.8) is 0 Å². The Kier molecular flexibility index (Phi) is 9.09. The zero-order valence-electron chi connectivity index (χ0n) is 30.8. The summed E-state index contributed by atoms with van der Waals surface area (Å²) in [5.41, 5.74) is -2.55. The van der Waals surface area contributed by atoms with Gasteiger partial charge in [-0.3, -0.25) is 4.79 Å². The molecule has 292 valence electrons. The van der Waals surface area contributed by atoms with Gasteiger partial charge in [0, 0.05) is 67.7 Å². The maximum Gasteiger partial charge on any atom is 0.434 e. The molecule has 1 saturated heterocycles. The first-order valence-electron chi connectivity index (χ1n) is 19.3. The van der Waals surface area contributed by atoms with Gasteiger partial charge in [0.05, 0.1) is 22.3 Å². The van der Waals surface area contributed by atoms with Gasteiger partial charge in [-0.25, -0.2) is 24.7 Å². The Morgan fingerprint density at radius 3 is 2.42 bits per heavy atom. The lowest BCUT2D eigenvalue weighted by Gasteiger charge is -2.50. The van der Waals surface area contributed by atoms with E-state index in [1.54, 1.807) is 59.6 Å². The molecule has 4 aliphatic carbocycles. The van der Waals surface area contributed by atoms with Crippen molar-refractivity contribution >= 4 is 28.7 Å². The van der Waals surface area contributed by atoms with Gasteiger partial charge in [-0.15, -0.1) is 0 Å². The van der Waals surface area contributed by atoms with Crippen molar-refractivity contribution in [1.82, 2.24) is 29.8 Å². The van der Waals surface area contributed by atoms with Crippen molar-refractivity contribution in [2.75, 3.05) is 18.0 Å². The average Bonchev–Trinajstić information content (AvgIpc) is 3.47. The number of carboxylic acids is 1. The number of alkyl halides is 3. The van der Waals surface area contributed by atoms with Crippen LogP contribution in [-0.4, -0.2) is 66.2 Å². The Morgan fingerprint density at radius 1 is 0.930 bits per heavy atom. The number of nitriles is 1. The van der Waals surface area contributed by atoms with E-state index in [0.29, 0.717) is 90.2 Å². The molecular formula is C42H39F3N8O4. The molecule has 1 amide bonds. The highest BCUT2D eigenvalue weighted by Gasteiger charge is 2.60. The number of carbonyl (C=O) groups is 2. The molecule has 2 N–H and O–H groups in total. The Balaban J connectivity index is 1.05. The monoisotopic (exact) mass is 776 g/mol. The number of rotatable bonds is 8. The summed E-state index contributed by atoms with van der Waals surface area (Å²) in [6, 6.07) is 14.8. The van der Waals surface area contributed by atoms with Gasteiger partial charge in [0.2, 0.25) is 5.95 Å². The van der Waals surface area contributed by atoms with Gasteiger partial charge >= 0.3 is 12.1 Å². The summed E-state index contributed by atoms with van der Waals surface area (Å²) in [5, 5.41) is 23.2. The molecule has 5 aliphatic rings. The second kappa shape index (κ2) is 14.2. The number of halogens is 3. The van der Waals surface area contributed by atoms with Gasteiger partial charge in [0.25, 0.3) is 5.91 Å². The van der Waals surface area contributed by atoms with Crippen LogP contribution in [-0.2, 0) is 11.0 Å². The molecule has 0 radical (unpaired) electrons. The molecule has 5 unspecified atom stereocenters. The molecule has 5 heterocycles. The van der Waals surface area contributed by atoms with Crippen molar-refractivity contribution < 1.29 is 32.6 Å². The highest BCUT2D eigenvalue weighted by molar-refractivity contribution is 6.01. The highest BCUT2D eigenvalue weighted by atomic mass is 19.4. The van der Waals surface area contributed by atoms with E-state index in [9.17, 15) is 33.1 Å².